The van der Waals surface area contributed by atoms with Gasteiger partial charge < -0.3 is 20.1 Å². The Morgan fingerprint density at radius 1 is 0.923 bits per heavy atom. The Morgan fingerprint density at radius 2 is 1.85 bits per heavy atom. The van der Waals surface area contributed by atoms with E-state index < -0.39 is 0 Å². The largest absolute Gasteiger partial charge is 0.454 e. The second kappa shape index (κ2) is 7.74. The predicted molar refractivity (Wildman–Crippen MR) is 101 cm³/mol. The van der Waals surface area contributed by atoms with Gasteiger partial charge in [0.2, 0.25) is 12.7 Å². The second-order valence-electron chi connectivity index (χ2n) is 5.93. The molecule has 26 heavy (non-hydrogen) atoms. The van der Waals surface area contributed by atoms with Crippen LogP contribution in [0.4, 0.5) is 11.8 Å². The molecule has 2 N–H and O–H groups in total. The normalized spacial score (nSPS) is 12.0. The monoisotopic (exact) mass is 348 g/mol. The van der Waals surface area contributed by atoms with Crippen molar-refractivity contribution in [3.63, 3.8) is 0 Å². The van der Waals surface area contributed by atoms with E-state index in [1.54, 1.807) is 6.20 Å². The van der Waals surface area contributed by atoms with E-state index in [1.807, 2.05) is 42.5 Å². The molecular formula is C20H20N4O2. The lowest BCUT2D eigenvalue weighted by Crippen LogP contribution is -2.09. The topological polar surface area (TPSA) is 68.3 Å². The molecule has 2 heterocycles. The fraction of sp³-hybridized carbons (Fsp3) is 0.200. The number of nitrogens with zero attached hydrogens (tertiary/aromatic N) is 2. The Morgan fingerprint density at radius 3 is 2.77 bits per heavy atom. The standard InChI is InChI=1S/C20H20N4O2/c1-2-5-15(6-3-1)9-11-21-20-22-12-10-18(24-20)23-13-16-7-4-8-17-19(16)26-14-25-17/h1-8,10,12H,9,11,13-14H2,(H2,21,22,23,24). The van der Waals surface area contributed by atoms with Gasteiger partial charge in [0.05, 0.1) is 0 Å². The highest BCUT2D eigenvalue weighted by Gasteiger charge is 2.16. The van der Waals surface area contributed by atoms with Gasteiger partial charge in [-0.25, -0.2) is 4.98 Å². The third-order valence-electron chi connectivity index (χ3n) is 4.13. The molecule has 6 nitrogen and oxygen atoms in total. The Labute approximate surface area is 152 Å². The van der Waals surface area contributed by atoms with E-state index >= 15 is 0 Å². The number of para-hydroxylation sites is 1. The van der Waals surface area contributed by atoms with Crippen molar-refractivity contribution in [1.29, 1.82) is 0 Å². The molecule has 0 bridgehead atoms. The minimum atomic E-state index is 0.273. The SMILES string of the molecule is c1ccc(CCNc2nccc(NCc3cccc4c3OCO4)n2)cc1. The van der Waals surface area contributed by atoms with Gasteiger partial charge >= 0.3 is 0 Å². The molecule has 0 atom stereocenters. The van der Waals surface area contributed by atoms with Crippen molar-refractivity contribution in [3.8, 4) is 11.5 Å². The van der Waals surface area contributed by atoms with E-state index in [0.717, 1.165) is 35.8 Å². The van der Waals surface area contributed by atoms with Gasteiger partial charge in [-0.05, 0) is 24.1 Å². The van der Waals surface area contributed by atoms with Gasteiger partial charge in [-0.15, -0.1) is 0 Å². The lowest BCUT2D eigenvalue weighted by Gasteiger charge is -2.10. The van der Waals surface area contributed by atoms with E-state index in [4.69, 9.17) is 9.47 Å². The van der Waals surface area contributed by atoms with E-state index in [0.29, 0.717) is 12.5 Å². The van der Waals surface area contributed by atoms with Crippen molar-refractivity contribution >= 4 is 11.8 Å². The smallest absolute Gasteiger partial charge is 0.231 e. The summed E-state index contributed by atoms with van der Waals surface area (Å²) in [6.45, 7) is 1.66. The van der Waals surface area contributed by atoms with Gasteiger partial charge in [-0.3, -0.25) is 0 Å². The van der Waals surface area contributed by atoms with Crippen LogP contribution in [-0.2, 0) is 13.0 Å². The van der Waals surface area contributed by atoms with E-state index in [2.05, 4.69) is 32.7 Å². The van der Waals surface area contributed by atoms with Crippen molar-refractivity contribution in [2.75, 3.05) is 24.0 Å². The van der Waals surface area contributed by atoms with E-state index in [-0.39, 0.29) is 6.79 Å². The molecule has 0 saturated heterocycles. The molecule has 1 aromatic heterocycles. The number of anilines is 2. The fourth-order valence-electron chi connectivity index (χ4n) is 2.82. The highest BCUT2D eigenvalue weighted by molar-refractivity contribution is 5.50. The van der Waals surface area contributed by atoms with Crippen LogP contribution in [0.1, 0.15) is 11.1 Å². The van der Waals surface area contributed by atoms with Crippen LogP contribution in [0, 0.1) is 0 Å². The molecule has 4 rings (SSSR count). The molecule has 2 aromatic carbocycles. The average Bonchev–Trinajstić information content (AvgIpc) is 3.17. The number of nitrogens with one attached hydrogen (secondary N) is 2. The van der Waals surface area contributed by atoms with Crippen LogP contribution in [0.3, 0.4) is 0 Å². The van der Waals surface area contributed by atoms with Crippen molar-refractivity contribution in [2.45, 2.75) is 13.0 Å². The highest BCUT2D eigenvalue weighted by atomic mass is 16.7. The third kappa shape index (κ3) is 3.85. The maximum absolute atomic E-state index is 5.53. The second-order valence-corrected chi connectivity index (χ2v) is 5.93. The lowest BCUT2D eigenvalue weighted by molar-refractivity contribution is 0.173. The van der Waals surface area contributed by atoms with Crippen LogP contribution in [-0.4, -0.2) is 23.3 Å². The van der Waals surface area contributed by atoms with Gasteiger partial charge in [-0.1, -0.05) is 42.5 Å². The molecule has 0 amide bonds. The average molecular weight is 348 g/mol. The number of benzene rings is 2. The van der Waals surface area contributed by atoms with Crippen molar-refractivity contribution in [1.82, 2.24) is 9.97 Å². The maximum Gasteiger partial charge on any atom is 0.231 e. The summed E-state index contributed by atoms with van der Waals surface area (Å²) in [5, 5.41) is 6.58. The summed E-state index contributed by atoms with van der Waals surface area (Å²) in [6.07, 6.45) is 2.67. The molecule has 3 aromatic rings. The summed E-state index contributed by atoms with van der Waals surface area (Å²) in [7, 11) is 0. The van der Waals surface area contributed by atoms with E-state index in [9.17, 15) is 0 Å². The zero-order chi connectivity index (χ0) is 17.6. The van der Waals surface area contributed by atoms with Crippen molar-refractivity contribution in [3.05, 3.63) is 71.9 Å². The maximum atomic E-state index is 5.53. The summed E-state index contributed by atoms with van der Waals surface area (Å²) >= 11 is 0. The fourth-order valence-corrected chi connectivity index (χ4v) is 2.82. The van der Waals surface area contributed by atoms with Gasteiger partial charge in [0.25, 0.3) is 0 Å². The number of aromatic nitrogens is 2. The number of ether oxygens (including phenoxy) is 2. The minimum absolute atomic E-state index is 0.273. The molecular weight excluding hydrogens is 328 g/mol. The van der Waals surface area contributed by atoms with Crippen LogP contribution < -0.4 is 20.1 Å². The zero-order valence-corrected chi connectivity index (χ0v) is 14.3. The van der Waals surface area contributed by atoms with Crippen LogP contribution in [0.5, 0.6) is 11.5 Å². The highest BCUT2D eigenvalue weighted by Crippen LogP contribution is 2.35. The summed E-state index contributed by atoms with van der Waals surface area (Å²) in [5.74, 6) is 2.97. The van der Waals surface area contributed by atoms with E-state index in [1.165, 1.54) is 5.56 Å². The summed E-state index contributed by atoms with van der Waals surface area (Å²) < 4.78 is 10.9. The minimum Gasteiger partial charge on any atom is -0.454 e. The molecule has 0 fully saturated rings. The Bertz CT molecular complexity index is 871. The summed E-state index contributed by atoms with van der Waals surface area (Å²) in [4.78, 5) is 8.78. The molecule has 0 unspecified atom stereocenters. The Balaban J connectivity index is 1.33. The van der Waals surface area contributed by atoms with Crippen LogP contribution in [0.15, 0.2) is 60.8 Å². The van der Waals surface area contributed by atoms with Gasteiger partial charge in [0.1, 0.15) is 5.82 Å². The lowest BCUT2D eigenvalue weighted by atomic mass is 10.1. The zero-order valence-electron chi connectivity index (χ0n) is 14.3. The first kappa shape index (κ1) is 16.2. The van der Waals surface area contributed by atoms with Gasteiger partial charge in [0, 0.05) is 24.8 Å². The number of rotatable bonds is 7. The molecule has 0 saturated carbocycles. The number of hydrogen-bond acceptors (Lipinski definition) is 6. The molecule has 0 spiro atoms. The number of hydrogen-bond donors (Lipinski definition) is 2. The summed E-state index contributed by atoms with van der Waals surface area (Å²) in [5.41, 5.74) is 2.33. The molecule has 0 radical (unpaired) electrons. The first-order valence-corrected chi connectivity index (χ1v) is 8.61. The molecule has 0 aliphatic carbocycles. The first-order valence-electron chi connectivity index (χ1n) is 8.61. The molecule has 1 aliphatic heterocycles. The Hall–Kier alpha value is -3.28. The molecule has 1 aliphatic rings. The van der Waals surface area contributed by atoms with Gasteiger partial charge in [0.15, 0.2) is 11.5 Å². The van der Waals surface area contributed by atoms with Crippen molar-refractivity contribution < 1.29 is 9.47 Å². The Kier molecular flexibility index (Phi) is 4.82. The molecule has 6 heteroatoms. The first-order chi connectivity index (χ1) is 12.9. The van der Waals surface area contributed by atoms with Crippen LogP contribution in [0.2, 0.25) is 0 Å². The van der Waals surface area contributed by atoms with Crippen LogP contribution in [0.25, 0.3) is 0 Å². The molecule has 132 valence electrons. The van der Waals surface area contributed by atoms with Crippen LogP contribution >= 0.6 is 0 Å². The quantitative estimate of drug-likeness (QED) is 0.681. The predicted octanol–water partition coefficient (Wildman–Crippen LogP) is 3.47. The number of fused-ring (bicyclic) bond motifs is 1. The van der Waals surface area contributed by atoms with Crippen molar-refractivity contribution in [2.24, 2.45) is 0 Å². The summed E-state index contributed by atoms with van der Waals surface area (Å²) in [6, 6.07) is 18.1. The van der Waals surface area contributed by atoms with Gasteiger partial charge in [-0.2, -0.15) is 4.98 Å². The third-order valence-corrected chi connectivity index (χ3v) is 4.13.